The van der Waals surface area contributed by atoms with E-state index in [1.54, 1.807) is 18.3 Å². The van der Waals surface area contributed by atoms with Gasteiger partial charge in [0.1, 0.15) is 0 Å². The number of hydrogen-bond donors (Lipinski definition) is 2. The van der Waals surface area contributed by atoms with Crippen LogP contribution < -0.4 is 10.6 Å². The Labute approximate surface area is 152 Å². The molecule has 2 aromatic rings. The van der Waals surface area contributed by atoms with Crippen LogP contribution in [0.4, 0.5) is 0 Å². The summed E-state index contributed by atoms with van der Waals surface area (Å²) < 4.78 is 23.3. The molecular weight excluding hydrogens is 356 g/mol. The van der Waals surface area contributed by atoms with Gasteiger partial charge in [-0.25, -0.2) is 8.42 Å². The molecule has 1 saturated heterocycles. The highest BCUT2D eigenvalue weighted by atomic mass is 32.2. The summed E-state index contributed by atoms with van der Waals surface area (Å²) in [6, 6.07) is 13.9. The Balaban J connectivity index is 1.65. The Morgan fingerprint density at radius 2 is 2.00 bits per heavy atom. The Morgan fingerprint density at radius 3 is 2.60 bits per heavy atom. The van der Waals surface area contributed by atoms with Gasteiger partial charge in [-0.05, 0) is 30.4 Å². The first-order valence-corrected chi connectivity index (χ1v) is 10.9. The molecular formula is C18H22N2O3S2. The van der Waals surface area contributed by atoms with E-state index in [1.807, 2.05) is 47.8 Å². The van der Waals surface area contributed by atoms with Gasteiger partial charge in [0.25, 0.3) is 0 Å². The molecule has 0 saturated carbocycles. The second-order valence-corrected chi connectivity index (χ2v) is 9.85. The minimum absolute atomic E-state index is 0.0127. The third kappa shape index (κ3) is 4.68. The molecule has 2 N–H and O–H groups in total. The molecule has 0 spiro atoms. The van der Waals surface area contributed by atoms with Crippen molar-refractivity contribution in [1.29, 1.82) is 0 Å². The predicted octanol–water partition coefficient (Wildman–Crippen LogP) is 2.12. The van der Waals surface area contributed by atoms with E-state index in [0.29, 0.717) is 6.42 Å². The standard InChI is InChI=1S/C18H22N2O3S2/c1-18(9-11-25(22,23)13-18)20-16(21)12-19-17(15-8-5-10-24-15)14-6-3-2-4-7-14/h2-8,10,17,19H,9,11-13H2,1H3,(H,20,21)/t17-,18+/m1/s1. The lowest BCUT2D eigenvalue weighted by Crippen LogP contribution is -2.50. The van der Waals surface area contributed by atoms with Gasteiger partial charge in [0.2, 0.25) is 5.91 Å². The summed E-state index contributed by atoms with van der Waals surface area (Å²) in [6.07, 6.45) is 0.466. The van der Waals surface area contributed by atoms with Crippen molar-refractivity contribution in [3.8, 4) is 0 Å². The number of hydrogen-bond acceptors (Lipinski definition) is 5. The van der Waals surface area contributed by atoms with Crippen molar-refractivity contribution in [2.24, 2.45) is 0 Å². The van der Waals surface area contributed by atoms with E-state index in [1.165, 1.54) is 0 Å². The molecule has 0 unspecified atom stereocenters. The van der Waals surface area contributed by atoms with Crippen LogP contribution in [0.25, 0.3) is 0 Å². The van der Waals surface area contributed by atoms with Gasteiger partial charge < -0.3 is 5.32 Å². The fourth-order valence-electron chi connectivity index (χ4n) is 3.17. The molecule has 1 amide bonds. The second-order valence-electron chi connectivity index (χ2n) is 6.69. The third-order valence-electron chi connectivity index (χ3n) is 4.37. The average Bonchev–Trinajstić information content (AvgIpc) is 3.17. The van der Waals surface area contributed by atoms with Gasteiger partial charge in [-0.1, -0.05) is 36.4 Å². The zero-order chi connectivity index (χ0) is 17.9. The quantitative estimate of drug-likeness (QED) is 0.807. The van der Waals surface area contributed by atoms with E-state index >= 15 is 0 Å². The highest BCUT2D eigenvalue weighted by Crippen LogP contribution is 2.26. The second kappa shape index (κ2) is 7.27. The maximum absolute atomic E-state index is 12.4. The number of rotatable bonds is 6. The van der Waals surface area contributed by atoms with Crippen LogP contribution in [0.2, 0.25) is 0 Å². The van der Waals surface area contributed by atoms with E-state index in [-0.39, 0.29) is 30.0 Å². The summed E-state index contributed by atoms with van der Waals surface area (Å²) in [4.78, 5) is 13.5. The van der Waals surface area contributed by atoms with Crippen molar-refractivity contribution in [3.05, 3.63) is 58.3 Å². The first-order valence-electron chi connectivity index (χ1n) is 8.20. The summed E-state index contributed by atoms with van der Waals surface area (Å²) in [6.45, 7) is 1.93. The van der Waals surface area contributed by atoms with Crippen LogP contribution >= 0.6 is 11.3 Å². The van der Waals surface area contributed by atoms with E-state index in [2.05, 4.69) is 10.6 Å². The van der Waals surface area contributed by atoms with E-state index < -0.39 is 15.4 Å². The van der Waals surface area contributed by atoms with Crippen molar-refractivity contribution in [2.45, 2.75) is 24.9 Å². The van der Waals surface area contributed by atoms with Crippen molar-refractivity contribution >= 4 is 27.1 Å². The van der Waals surface area contributed by atoms with Gasteiger partial charge >= 0.3 is 0 Å². The van der Waals surface area contributed by atoms with Crippen LogP contribution in [0.5, 0.6) is 0 Å². The van der Waals surface area contributed by atoms with Gasteiger partial charge in [0.05, 0.1) is 29.6 Å². The van der Waals surface area contributed by atoms with Crippen LogP contribution in [-0.4, -0.2) is 37.9 Å². The fourth-order valence-corrected chi connectivity index (χ4v) is 6.09. The van der Waals surface area contributed by atoms with Crippen LogP contribution in [-0.2, 0) is 14.6 Å². The third-order valence-corrected chi connectivity index (χ3v) is 7.21. The molecule has 1 fully saturated rings. The Hall–Kier alpha value is -1.70. The number of benzene rings is 1. The van der Waals surface area contributed by atoms with Crippen molar-refractivity contribution in [3.63, 3.8) is 0 Å². The smallest absolute Gasteiger partial charge is 0.234 e. The number of carbonyl (C=O) groups is 1. The first kappa shape index (κ1) is 18.1. The molecule has 2 atom stereocenters. The summed E-state index contributed by atoms with van der Waals surface area (Å²) in [5.41, 5.74) is 0.426. The topological polar surface area (TPSA) is 75.3 Å². The molecule has 2 heterocycles. The molecule has 25 heavy (non-hydrogen) atoms. The highest BCUT2D eigenvalue weighted by Gasteiger charge is 2.39. The predicted molar refractivity (Wildman–Crippen MR) is 100 cm³/mol. The van der Waals surface area contributed by atoms with E-state index in [0.717, 1.165) is 10.4 Å². The Morgan fingerprint density at radius 1 is 1.24 bits per heavy atom. The van der Waals surface area contributed by atoms with Gasteiger partial charge in [0, 0.05) is 4.88 Å². The summed E-state index contributed by atoms with van der Waals surface area (Å²) in [7, 11) is -3.04. The largest absolute Gasteiger partial charge is 0.349 e. The van der Waals surface area contributed by atoms with E-state index in [9.17, 15) is 13.2 Å². The van der Waals surface area contributed by atoms with Crippen LogP contribution in [0, 0.1) is 0 Å². The molecule has 0 aliphatic carbocycles. The monoisotopic (exact) mass is 378 g/mol. The van der Waals surface area contributed by atoms with Crippen LogP contribution in [0.3, 0.4) is 0 Å². The number of thiophene rings is 1. The molecule has 0 radical (unpaired) electrons. The molecule has 1 aliphatic rings. The summed E-state index contributed by atoms with van der Waals surface area (Å²) in [5, 5.41) is 8.20. The molecule has 0 bridgehead atoms. The lowest BCUT2D eigenvalue weighted by molar-refractivity contribution is -0.121. The normalized spacial score (nSPS) is 23.2. The SMILES string of the molecule is C[C@]1(NC(=O)CN[C@H](c2ccccc2)c2cccs2)CCS(=O)(=O)C1. The number of nitrogens with one attached hydrogen (secondary N) is 2. The lowest BCUT2D eigenvalue weighted by Gasteiger charge is -2.25. The lowest BCUT2D eigenvalue weighted by atomic mass is 10.0. The highest BCUT2D eigenvalue weighted by molar-refractivity contribution is 7.91. The molecule has 1 aromatic heterocycles. The zero-order valence-corrected chi connectivity index (χ0v) is 15.7. The van der Waals surface area contributed by atoms with Crippen LogP contribution in [0.15, 0.2) is 47.8 Å². The molecule has 1 aromatic carbocycles. The Bertz CT molecular complexity index is 819. The van der Waals surface area contributed by atoms with Crippen molar-refractivity contribution < 1.29 is 13.2 Å². The van der Waals surface area contributed by atoms with Gasteiger partial charge in [-0.2, -0.15) is 0 Å². The molecule has 7 heteroatoms. The van der Waals surface area contributed by atoms with Crippen LogP contribution in [0.1, 0.15) is 29.8 Å². The molecule has 3 rings (SSSR count). The minimum Gasteiger partial charge on any atom is -0.349 e. The van der Waals surface area contributed by atoms with Gasteiger partial charge in [0.15, 0.2) is 9.84 Å². The van der Waals surface area contributed by atoms with Gasteiger partial charge in [-0.3, -0.25) is 10.1 Å². The maximum Gasteiger partial charge on any atom is 0.234 e. The average molecular weight is 379 g/mol. The number of sulfone groups is 1. The van der Waals surface area contributed by atoms with E-state index in [4.69, 9.17) is 0 Å². The molecule has 1 aliphatic heterocycles. The maximum atomic E-state index is 12.4. The summed E-state index contributed by atoms with van der Waals surface area (Å²) >= 11 is 1.64. The number of amides is 1. The fraction of sp³-hybridized carbons (Fsp3) is 0.389. The number of carbonyl (C=O) groups excluding carboxylic acids is 1. The minimum atomic E-state index is -3.04. The molecule has 134 valence electrons. The van der Waals surface area contributed by atoms with Crippen molar-refractivity contribution in [1.82, 2.24) is 10.6 Å². The molecule has 5 nitrogen and oxygen atoms in total. The summed E-state index contributed by atoms with van der Waals surface area (Å²) in [5.74, 6) is -0.0326. The van der Waals surface area contributed by atoms with Crippen molar-refractivity contribution in [2.75, 3.05) is 18.1 Å². The zero-order valence-electron chi connectivity index (χ0n) is 14.1. The first-order chi connectivity index (χ1) is 11.9. The van der Waals surface area contributed by atoms with Gasteiger partial charge in [-0.15, -0.1) is 11.3 Å². The Kier molecular flexibility index (Phi) is 5.27.